The van der Waals surface area contributed by atoms with Crippen molar-refractivity contribution in [1.82, 2.24) is 4.98 Å². The van der Waals surface area contributed by atoms with Gasteiger partial charge in [-0.05, 0) is 42.2 Å². The van der Waals surface area contributed by atoms with E-state index < -0.39 is 11.2 Å². The van der Waals surface area contributed by atoms with E-state index in [4.69, 9.17) is 5.73 Å². The molecular weight excluding hydrogens is 462 g/mol. The van der Waals surface area contributed by atoms with Gasteiger partial charge in [-0.2, -0.15) is 10.5 Å². The first-order valence-corrected chi connectivity index (χ1v) is 12.4. The summed E-state index contributed by atoms with van der Waals surface area (Å²) in [5, 5.41) is 28.8. The first kappa shape index (κ1) is 26.2. The van der Waals surface area contributed by atoms with Gasteiger partial charge < -0.3 is 15.7 Å². The zero-order valence-electron chi connectivity index (χ0n) is 20.0. The van der Waals surface area contributed by atoms with Gasteiger partial charge in [-0.3, -0.25) is 9.59 Å². The highest BCUT2D eigenvalue weighted by atomic mass is 32.2. The third-order valence-corrected chi connectivity index (χ3v) is 7.68. The molecule has 1 aliphatic rings. The smallest absolute Gasteiger partial charge is 0.235 e. The van der Waals surface area contributed by atoms with Crippen molar-refractivity contribution in [3.63, 3.8) is 0 Å². The van der Waals surface area contributed by atoms with Crippen LogP contribution in [0.4, 0.5) is 5.82 Å². The maximum atomic E-state index is 12.7. The van der Waals surface area contributed by atoms with E-state index in [0.29, 0.717) is 41.2 Å². The number of nitrogens with two attached hydrogens (primary N) is 1. The molecule has 1 aromatic carbocycles. The van der Waals surface area contributed by atoms with Crippen LogP contribution in [0, 0.1) is 28.1 Å². The summed E-state index contributed by atoms with van der Waals surface area (Å²) in [7, 11) is 1.68. The molecule has 1 amide bonds. The number of nitriles is 2. The number of rotatable bonds is 12. The highest BCUT2D eigenvalue weighted by Crippen LogP contribution is 2.49. The molecular formula is C26H29N5O3S. The lowest BCUT2D eigenvalue weighted by molar-refractivity contribution is -0.118. The minimum Gasteiger partial charge on any atom is -0.396 e. The van der Waals surface area contributed by atoms with Gasteiger partial charge in [-0.15, -0.1) is 0 Å². The number of carbonyl (C=O) groups is 2. The molecule has 1 heterocycles. The van der Waals surface area contributed by atoms with E-state index in [1.807, 2.05) is 13.0 Å². The number of Topliss-reactive ketones (excluding diaryl/α,β-unsaturated/α-hetero) is 1. The number of aliphatic hydroxyl groups excluding tert-OH is 1. The second-order valence-electron chi connectivity index (χ2n) is 8.91. The Balaban J connectivity index is 1.95. The Hall–Kier alpha value is -3.40. The summed E-state index contributed by atoms with van der Waals surface area (Å²) in [4.78, 5) is 31.2. The Bertz CT molecular complexity index is 1180. The number of nitrogens with zero attached hydrogens (tertiary/aromatic N) is 4. The van der Waals surface area contributed by atoms with Crippen LogP contribution in [0.3, 0.4) is 0 Å². The molecule has 0 radical (unpaired) electrons. The maximum absolute atomic E-state index is 12.7. The van der Waals surface area contributed by atoms with Crippen molar-refractivity contribution in [1.29, 1.82) is 10.5 Å². The predicted molar refractivity (Wildman–Crippen MR) is 134 cm³/mol. The zero-order chi connectivity index (χ0) is 25.6. The number of thioether (sulfide) groups is 1. The van der Waals surface area contributed by atoms with E-state index in [1.54, 1.807) is 36.2 Å². The van der Waals surface area contributed by atoms with Crippen molar-refractivity contribution in [2.75, 3.05) is 25.1 Å². The number of amides is 1. The molecule has 1 saturated carbocycles. The fourth-order valence-corrected chi connectivity index (χ4v) is 5.12. The number of primary amides is 1. The Morgan fingerprint density at radius 3 is 2.40 bits per heavy atom. The van der Waals surface area contributed by atoms with Crippen molar-refractivity contribution < 1.29 is 14.7 Å². The van der Waals surface area contributed by atoms with Crippen LogP contribution < -0.4 is 10.6 Å². The predicted octanol–water partition coefficient (Wildman–Crippen LogP) is 3.26. The lowest BCUT2D eigenvalue weighted by Gasteiger charge is -2.23. The first-order valence-electron chi connectivity index (χ1n) is 11.5. The Kier molecular flexibility index (Phi) is 8.50. The first-order chi connectivity index (χ1) is 16.8. The van der Waals surface area contributed by atoms with E-state index >= 15 is 0 Å². The molecule has 3 N–H and O–H groups in total. The van der Waals surface area contributed by atoms with Crippen LogP contribution in [0.2, 0.25) is 0 Å². The second kappa shape index (κ2) is 11.4. The fraction of sp³-hybridized carbons (Fsp3) is 0.423. The molecule has 2 aromatic rings. The lowest BCUT2D eigenvalue weighted by Crippen LogP contribution is -2.28. The number of pyridine rings is 1. The van der Waals surface area contributed by atoms with Gasteiger partial charge in [-0.25, -0.2) is 4.98 Å². The molecule has 182 valence electrons. The van der Waals surface area contributed by atoms with E-state index in [1.165, 1.54) is 0 Å². The molecule has 8 nitrogen and oxygen atoms in total. The molecule has 1 unspecified atom stereocenters. The van der Waals surface area contributed by atoms with E-state index in [9.17, 15) is 25.2 Å². The second-order valence-corrected chi connectivity index (χ2v) is 10.0. The maximum Gasteiger partial charge on any atom is 0.235 e. The zero-order valence-corrected chi connectivity index (χ0v) is 20.8. The Labute approximate surface area is 209 Å². The molecule has 0 saturated heterocycles. The summed E-state index contributed by atoms with van der Waals surface area (Å²) in [6, 6.07) is 13.3. The summed E-state index contributed by atoms with van der Waals surface area (Å²) < 4.78 is 0. The highest BCUT2D eigenvalue weighted by Gasteiger charge is 2.41. The van der Waals surface area contributed by atoms with E-state index in [0.717, 1.165) is 24.6 Å². The van der Waals surface area contributed by atoms with Crippen LogP contribution in [-0.4, -0.2) is 42.0 Å². The van der Waals surface area contributed by atoms with Gasteiger partial charge in [0.2, 0.25) is 5.91 Å². The monoisotopic (exact) mass is 491 g/mol. The minimum absolute atomic E-state index is 0.0196. The van der Waals surface area contributed by atoms with Crippen molar-refractivity contribution in [3.8, 4) is 12.1 Å². The van der Waals surface area contributed by atoms with Crippen molar-refractivity contribution in [2.24, 2.45) is 11.1 Å². The molecule has 0 spiro atoms. The van der Waals surface area contributed by atoms with Gasteiger partial charge in [-0.1, -0.05) is 49.0 Å². The molecule has 0 aliphatic heterocycles. The van der Waals surface area contributed by atoms with Crippen molar-refractivity contribution in [2.45, 2.75) is 49.3 Å². The van der Waals surface area contributed by atoms with Gasteiger partial charge >= 0.3 is 0 Å². The third kappa shape index (κ3) is 6.00. The van der Waals surface area contributed by atoms with Gasteiger partial charge in [0, 0.05) is 20.1 Å². The van der Waals surface area contributed by atoms with Crippen LogP contribution in [0.25, 0.3) is 0 Å². The molecule has 0 bridgehead atoms. The average molecular weight is 492 g/mol. The average Bonchev–Trinajstić information content (AvgIpc) is 3.65. The van der Waals surface area contributed by atoms with Gasteiger partial charge in [0.05, 0.1) is 17.7 Å². The summed E-state index contributed by atoms with van der Waals surface area (Å²) >= 11 is 1.07. The number of aromatic nitrogens is 1. The summed E-state index contributed by atoms with van der Waals surface area (Å²) in [5.74, 6) is -0.301. The number of anilines is 1. The molecule has 1 aromatic heterocycles. The number of benzene rings is 1. The number of likely N-dealkylation sites (N-methyl/N-ethyl adjacent to an activating group) is 1. The Morgan fingerprint density at radius 1 is 1.23 bits per heavy atom. The molecule has 3 rings (SSSR count). The molecule has 9 heteroatoms. The summed E-state index contributed by atoms with van der Waals surface area (Å²) in [5.41, 5.74) is 7.26. The number of ketones is 1. The van der Waals surface area contributed by atoms with E-state index in [-0.39, 0.29) is 35.5 Å². The summed E-state index contributed by atoms with van der Waals surface area (Å²) in [6.45, 7) is 1.97. The van der Waals surface area contributed by atoms with Crippen molar-refractivity contribution >= 4 is 29.3 Å². The number of carbonyl (C=O) groups excluding carboxylic acids is 2. The van der Waals surface area contributed by atoms with Crippen LogP contribution >= 0.6 is 11.8 Å². The Morgan fingerprint density at radius 2 is 1.89 bits per heavy atom. The summed E-state index contributed by atoms with van der Waals surface area (Å²) in [6.07, 6.45) is 3.25. The number of aliphatic hydroxyl groups is 1. The molecule has 35 heavy (non-hydrogen) atoms. The minimum atomic E-state index is -0.776. The quantitative estimate of drug-likeness (QED) is 0.431. The highest BCUT2D eigenvalue weighted by molar-refractivity contribution is 8.00. The van der Waals surface area contributed by atoms with Crippen molar-refractivity contribution in [3.05, 3.63) is 52.6 Å². The fourth-order valence-electron chi connectivity index (χ4n) is 4.06. The van der Waals surface area contributed by atoms with Crippen LogP contribution in [0.15, 0.2) is 35.4 Å². The van der Waals surface area contributed by atoms with Gasteiger partial charge in [0.15, 0.2) is 5.78 Å². The van der Waals surface area contributed by atoms with E-state index in [2.05, 4.69) is 17.1 Å². The van der Waals surface area contributed by atoms with Crippen LogP contribution in [0.5, 0.6) is 0 Å². The molecule has 1 fully saturated rings. The molecule has 1 atom stereocenters. The standard InChI is InChI=1S/C26H29N5O3S/c1-3-19-20(13-27)24(31(2)15-18(33)9-10-26(16-32)11-12-26)30-25(21(19)14-28)35-22(23(29)34)17-7-5-4-6-8-17/h4-8,22,32H,3,9-12,15-16H2,1-2H3,(H2,29,34). The number of hydrogen-bond donors (Lipinski definition) is 2. The topological polar surface area (TPSA) is 144 Å². The number of hydrogen-bond acceptors (Lipinski definition) is 8. The van der Waals surface area contributed by atoms with Crippen LogP contribution in [0.1, 0.15) is 60.1 Å². The SMILES string of the molecule is CCc1c(C#N)c(SC(C(N)=O)c2ccccc2)nc(N(C)CC(=O)CCC2(CO)CC2)c1C#N. The van der Waals surface area contributed by atoms with Gasteiger partial charge in [0.25, 0.3) is 0 Å². The van der Waals surface area contributed by atoms with Crippen LogP contribution in [-0.2, 0) is 16.0 Å². The lowest BCUT2D eigenvalue weighted by atomic mass is 9.99. The third-order valence-electron chi connectivity index (χ3n) is 6.42. The normalized spacial score (nSPS) is 14.4. The van der Waals surface area contributed by atoms with Gasteiger partial charge in [0.1, 0.15) is 28.2 Å². The molecule has 1 aliphatic carbocycles. The largest absolute Gasteiger partial charge is 0.396 e.